The smallest absolute Gasteiger partial charge is 0.236 e. The molecule has 18 heavy (non-hydrogen) atoms. The molecule has 0 spiro atoms. The molecule has 1 atom stereocenters. The van der Waals surface area contributed by atoms with Crippen LogP contribution in [-0.2, 0) is 9.53 Å². The van der Waals surface area contributed by atoms with Gasteiger partial charge in [0.25, 0.3) is 0 Å². The fraction of sp³-hybridized carbons (Fsp3) is 0.923. The summed E-state index contributed by atoms with van der Waals surface area (Å²) in [4.78, 5) is 14.0. The van der Waals surface area contributed by atoms with Gasteiger partial charge in [0.05, 0.1) is 6.04 Å². The number of nitrogens with two attached hydrogens (primary N) is 1. The molecule has 1 amide bonds. The first kappa shape index (κ1) is 17.4. The molecule has 0 rings (SSSR count). The maximum atomic E-state index is 11.6. The number of hydrogen-bond donors (Lipinski definition) is 2. The van der Waals surface area contributed by atoms with E-state index in [2.05, 4.69) is 24.1 Å². The van der Waals surface area contributed by atoms with Crippen molar-refractivity contribution in [2.24, 2.45) is 5.73 Å². The van der Waals surface area contributed by atoms with Crippen LogP contribution in [0.4, 0.5) is 0 Å². The quantitative estimate of drug-likeness (QED) is 0.533. The van der Waals surface area contributed by atoms with E-state index in [0.29, 0.717) is 19.6 Å². The Labute approximate surface area is 111 Å². The van der Waals surface area contributed by atoms with Gasteiger partial charge in [0.1, 0.15) is 0 Å². The van der Waals surface area contributed by atoms with Gasteiger partial charge in [0, 0.05) is 20.3 Å². The van der Waals surface area contributed by atoms with Crippen LogP contribution >= 0.6 is 0 Å². The van der Waals surface area contributed by atoms with Crippen LogP contribution in [-0.4, -0.2) is 56.7 Å². The van der Waals surface area contributed by atoms with Crippen molar-refractivity contribution in [1.82, 2.24) is 10.2 Å². The van der Waals surface area contributed by atoms with Gasteiger partial charge in [-0.3, -0.25) is 4.79 Å². The van der Waals surface area contributed by atoms with Crippen molar-refractivity contribution < 1.29 is 9.53 Å². The molecule has 5 nitrogen and oxygen atoms in total. The van der Waals surface area contributed by atoms with Crippen molar-refractivity contribution in [1.29, 1.82) is 0 Å². The summed E-state index contributed by atoms with van der Waals surface area (Å²) in [6.07, 6.45) is 2.47. The van der Waals surface area contributed by atoms with Gasteiger partial charge in [-0.05, 0) is 38.9 Å². The summed E-state index contributed by atoms with van der Waals surface area (Å²) in [6, 6.07) is -0.409. The first-order chi connectivity index (χ1) is 8.65. The molecule has 5 heteroatoms. The Bertz CT molecular complexity index is 208. The molecule has 0 aliphatic rings. The highest BCUT2D eigenvalue weighted by molar-refractivity contribution is 5.81. The van der Waals surface area contributed by atoms with E-state index in [0.717, 1.165) is 32.5 Å². The molecule has 0 saturated heterocycles. The molecule has 0 aliphatic heterocycles. The number of nitrogens with one attached hydrogen (secondary N) is 1. The van der Waals surface area contributed by atoms with E-state index in [-0.39, 0.29) is 5.91 Å². The Morgan fingerprint density at radius 1 is 1.33 bits per heavy atom. The second-order valence-corrected chi connectivity index (χ2v) is 4.41. The molecule has 0 aliphatic carbocycles. The standard InChI is InChI=1S/C13H29N3O2/c1-4-16(5-2)10-7-9-15-13(17)12(14)8-6-11-18-3/h12H,4-11,14H2,1-3H3,(H,15,17). The summed E-state index contributed by atoms with van der Waals surface area (Å²) in [6.45, 7) is 8.78. The van der Waals surface area contributed by atoms with Crippen LogP contribution in [0.1, 0.15) is 33.1 Å². The third-order valence-corrected chi connectivity index (χ3v) is 3.05. The van der Waals surface area contributed by atoms with E-state index in [1.54, 1.807) is 7.11 Å². The van der Waals surface area contributed by atoms with Crippen LogP contribution in [0.15, 0.2) is 0 Å². The van der Waals surface area contributed by atoms with E-state index < -0.39 is 6.04 Å². The SMILES string of the molecule is CCN(CC)CCCNC(=O)C(N)CCCOC. The maximum Gasteiger partial charge on any atom is 0.236 e. The Kier molecular flexibility index (Phi) is 11.0. The van der Waals surface area contributed by atoms with Crippen LogP contribution in [0.25, 0.3) is 0 Å². The zero-order chi connectivity index (χ0) is 13.8. The number of carbonyl (C=O) groups excluding carboxylic acids is 1. The van der Waals surface area contributed by atoms with Crippen LogP contribution in [0.2, 0.25) is 0 Å². The van der Waals surface area contributed by atoms with Crippen LogP contribution in [0.5, 0.6) is 0 Å². The van der Waals surface area contributed by atoms with E-state index in [1.807, 2.05) is 0 Å². The third-order valence-electron chi connectivity index (χ3n) is 3.05. The van der Waals surface area contributed by atoms with Crippen molar-refractivity contribution >= 4 is 5.91 Å². The molecule has 1 unspecified atom stereocenters. The minimum Gasteiger partial charge on any atom is -0.385 e. The normalized spacial score (nSPS) is 12.7. The fourth-order valence-electron chi connectivity index (χ4n) is 1.76. The predicted molar refractivity (Wildman–Crippen MR) is 74.5 cm³/mol. The van der Waals surface area contributed by atoms with Crippen LogP contribution in [0.3, 0.4) is 0 Å². The Morgan fingerprint density at radius 2 is 2.00 bits per heavy atom. The van der Waals surface area contributed by atoms with Gasteiger partial charge in [-0.15, -0.1) is 0 Å². The molecule has 0 aromatic heterocycles. The van der Waals surface area contributed by atoms with Gasteiger partial charge in [-0.2, -0.15) is 0 Å². The van der Waals surface area contributed by atoms with Gasteiger partial charge >= 0.3 is 0 Å². The summed E-state index contributed by atoms with van der Waals surface area (Å²) < 4.78 is 4.93. The molecule has 0 saturated carbocycles. The number of hydrogen-bond acceptors (Lipinski definition) is 4. The van der Waals surface area contributed by atoms with Gasteiger partial charge in [-0.1, -0.05) is 13.8 Å². The summed E-state index contributed by atoms with van der Waals surface area (Å²) in [5, 5.41) is 2.88. The molecule has 108 valence electrons. The van der Waals surface area contributed by atoms with Crippen molar-refractivity contribution in [3.05, 3.63) is 0 Å². The molecule has 0 radical (unpaired) electrons. The largest absolute Gasteiger partial charge is 0.385 e. The second kappa shape index (κ2) is 11.4. The van der Waals surface area contributed by atoms with Gasteiger partial charge in [0.15, 0.2) is 0 Å². The van der Waals surface area contributed by atoms with Gasteiger partial charge < -0.3 is 20.7 Å². The Balaban J connectivity index is 3.57. The minimum atomic E-state index is -0.409. The van der Waals surface area contributed by atoms with Crippen molar-refractivity contribution in [3.8, 4) is 0 Å². The maximum absolute atomic E-state index is 11.6. The zero-order valence-electron chi connectivity index (χ0n) is 12.1. The third kappa shape index (κ3) is 8.44. The molecule has 0 aromatic carbocycles. The highest BCUT2D eigenvalue weighted by Crippen LogP contribution is 1.95. The lowest BCUT2D eigenvalue weighted by molar-refractivity contribution is -0.122. The lowest BCUT2D eigenvalue weighted by atomic mass is 10.1. The topological polar surface area (TPSA) is 67.6 Å². The first-order valence-corrected chi connectivity index (χ1v) is 6.90. The van der Waals surface area contributed by atoms with Gasteiger partial charge in [-0.25, -0.2) is 0 Å². The summed E-state index contributed by atoms with van der Waals surface area (Å²) in [5.41, 5.74) is 5.77. The highest BCUT2D eigenvalue weighted by Gasteiger charge is 2.11. The average molecular weight is 259 g/mol. The summed E-state index contributed by atoms with van der Waals surface area (Å²) >= 11 is 0. The average Bonchev–Trinajstić information content (AvgIpc) is 2.38. The summed E-state index contributed by atoms with van der Waals surface area (Å²) in [5.74, 6) is -0.0503. The monoisotopic (exact) mass is 259 g/mol. The van der Waals surface area contributed by atoms with Crippen LogP contribution in [0, 0.1) is 0 Å². The molecule has 0 heterocycles. The van der Waals surface area contributed by atoms with Crippen molar-refractivity contribution in [2.75, 3.05) is 39.9 Å². The number of methoxy groups -OCH3 is 1. The zero-order valence-corrected chi connectivity index (χ0v) is 12.1. The highest BCUT2D eigenvalue weighted by atomic mass is 16.5. The van der Waals surface area contributed by atoms with Crippen molar-refractivity contribution in [3.63, 3.8) is 0 Å². The van der Waals surface area contributed by atoms with Gasteiger partial charge in [0.2, 0.25) is 5.91 Å². The minimum absolute atomic E-state index is 0.0503. The Hall–Kier alpha value is -0.650. The van der Waals surface area contributed by atoms with E-state index in [9.17, 15) is 4.79 Å². The Morgan fingerprint density at radius 3 is 2.56 bits per heavy atom. The number of ether oxygens (including phenoxy) is 1. The molecule has 0 bridgehead atoms. The number of rotatable bonds is 11. The molecule has 0 fully saturated rings. The van der Waals surface area contributed by atoms with E-state index >= 15 is 0 Å². The predicted octanol–water partition coefficient (Wildman–Crippen LogP) is 0.588. The second-order valence-electron chi connectivity index (χ2n) is 4.41. The van der Waals surface area contributed by atoms with Crippen LogP contribution < -0.4 is 11.1 Å². The molecule has 0 aromatic rings. The molecular weight excluding hydrogens is 230 g/mol. The molecule has 3 N–H and O–H groups in total. The lowest BCUT2D eigenvalue weighted by Gasteiger charge is -2.18. The first-order valence-electron chi connectivity index (χ1n) is 6.90. The molecular formula is C13H29N3O2. The van der Waals surface area contributed by atoms with E-state index in [1.165, 1.54) is 0 Å². The number of nitrogens with zero attached hydrogens (tertiary/aromatic N) is 1. The lowest BCUT2D eigenvalue weighted by Crippen LogP contribution is -2.41. The van der Waals surface area contributed by atoms with Crippen molar-refractivity contribution in [2.45, 2.75) is 39.2 Å². The number of carbonyl (C=O) groups is 1. The fourth-order valence-corrected chi connectivity index (χ4v) is 1.76. The summed E-state index contributed by atoms with van der Waals surface area (Å²) in [7, 11) is 1.65. The van der Waals surface area contributed by atoms with E-state index in [4.69, 9.17) is 10.5 Å². The number of amides is 1.